The van der Waals surface area contributed by atoms with Crippen molar-refractivity contribution < 1.29 is 14.6 Å². The molecule has 2 rings (SSSR count). The van der Waals surface area contributed by atoms with E-state index >= 15 is 0 Å². The number of ether oxygens (including phenoxy) is 1. The monoisotopic (exact) mass is 280 g/mol. The second-order valence-electron chi connectivity index (χ2n) is 5.82. The summed E-state index contributed by atoms with van der Waals surface area (Å²) in [6.45, 7) is 6.88. The van der Waals surface area contributed by atoms with Crippen molar-refractivity contribution in [2.45, 2.75) is 38.8 Å². The third-order valence-electron chi connectivity index (χ3n) is 2.82. The normalized spacial score (nSPS) is 18.9. The van der Waals surface area contributed by atoms with E-state index in [9.17, 15) is 4.79 Å². The van der Waals surface area contributed by atoms with E-state index in [0.717, 1.165) is 13.0 Å². The van der Waals surface area contributed by atoms with Crippen molar-refractivity contribution in [3.05, 3.63) is 12.4 Å². The average Bonchev–Trinajstić information content (AvgIpc) is 2.75. The first-order valence-corrected chi connectivity index (χ1v) is 6.59. The molecule has 1 atom stereocenters. The molecule has 1 fully saturated rings. The van der Waals surface area contributed by atoms with E-state index in [1.165, 1.54) is 12.4 Å². The van der Waals surface area contributed by atoms with Gasteiger partial charge in [-0.25, -0.2) is 14.8 Å². The van der Waals surface area contributed by atoms with Crippen molar-refractivity contribution in [1.29, 1.82) is 0 Å². The van der Waals surface area contributed by atoms with Crippen LogP contribution in [0, 0.1) is 0 Å². The predicted molar refractivity (Wildman–Crippen MR) is 73.7 cm³/mol. The van der Waals surface area contributed by atoms with Gasteiger partial charge in [-0.2, -0.15) is 0 Å². The highest BCUT2D eigenvalue weighted by Crippen LogP contribution is 2.17. The standard InChI is InChI=1S/C13H20N4O3/c1-13(2,3)20-12(19)16-9-4-5-17(8-9)11-14-6-10(18)7-15-11/h6-7,9,18H,4-5,8H2,1-3H3,(H,16,19)/t9-/m0/s1. The minimum absolute atomic E-state index is 0.0160. The SMILES string of the molecule is CC(C)(C)OC(=O)N[C@H]1CCN(c2ncc(O)cn2)C1. The van der Waals surface area contributed by atoms with Crippen LogP contribution in [0.4, 0.5) is 10.7 Å². The van der Waals surface area contributed by atoms with Gasteiger partial charge in [0.15, 0.2) is 5.75 Å². The number of carbonyl (C=O) groups is 1. The summed E-state index contributed by atoms with van der Waals surface area (Å²) in [6, 6.07) is 0.0160. The van der Waals surface area contributed by atoms with E-state index in [1.807, 2.05) is 25.7 Å². The lowest BCUT2D eigenvalue weighted by Gasteiger charge is -2.22. The molecule has 0 spiro atoms. The molecule has 0 unspecified atom stereocenters. The topological polar surface area (TPSA) is 87.6 Å². The average molecular weight is 280 g/mol. The Morgan fingerprint density at radius 3 is 2.70 bits per heavy atom. The summed E-state index contributed by atoms with van der Waals surface area (Å²) in [5.74, 6) is 0.590. The number of carbonyl (C=O) groups excluding carboxylic acids is 1. The quantitative estimate of drug-likeness (QED) is 0.848. The zero-order valence-corrected chi connectivity index (χ0v) is 12.0. The van der Waals surface area contributed by atoms with Crippen LogP contribution in [-0.4, -0.2) is 45.9 Å². The molecule has 1 aromatic rings. The summed E-state index contributed by atoms with van der Waals surface area (Å²) < 4.78 is 5.22. The molecule has 0 aliphatic carbocycles. The number of nitrogens with one attached hydrogen (secondary N) is 1. The summed E-state index contributed by atoms with van der Waals surface area (Å²) >= 11 is 0. The Bertz CT molecular complexity index is 469. The lowest BCUT2D eigenvalue weighted by Crippen LogP contribution is -2.40. The minimum atomic E-state index is -0.498. The molecule has 110 valence electrons. The number of rotatable bonds is 2. The van der Waals surface area contributed by atoms with E-state index in [2.05, 4.69) is 15.3 Å². The Morgan fingerprint density at radius 1 is 1.45 bits per heavy atom. The minimum Gasteiger partial charge on any atom is -0.505 e. The number of aromatic nitrogens is 2. The van der Waals surface area contributed by atoms with Gasteiger partial charge in [0.1, 0.15) is 5.60 Å². The second-order valence-corrected chi connectivity index (χ2v) is 5.82. The van der Waals surface area contributed by atoms with Crippen molar-refractivity contribution in [2.24, 2.45) is 0 Å². The van der Waals surface area contributed by atoms with Gasteiger partial charge in [0.05, 0.1) is 18.4 Å². The van der Waals surface area contributed by atoms with Crippen LogP contribution < -0.4 is 10.2 Å². The van der Waals surface area contributed by atoms with Crippen molar-refractivity contribution in [2.75, 3.05) is 18.0 Å². The molecule has 1 aromatic heterocycles. The molecule has 0 radical (unpaired) electrons. The van der Waals surface area contributed by atoms with Gasteiger partial charge in [-0.15, -0.1) is 0 Å². The largest absolute Gasteiger partial charge is 0.505 e. The number of nitrogens with zero attached hydrogens (tertiary/aromatic N) is 3. The Hall–Kier alpha value is -2.05. The fourth-order valence-corrected chi connectivity index (χ4v) is 2.01. The van der Waals surface area contributed by atoms with Gasteiger partial charge >= 0.3 is 6.09 Å². The zero-order valence-electron chi connectivity index (χ0n) is 12.0. The van der Waals surface area contributed by atoms with Crippen molar-refractivity contribution in [1.82, 2.24) is 15.3 Å². The van der Waals surface area contributed by atoms with Crippen molar-refractivity contribution in [3.63, 3.8) is 0 Å². The van der Waals surface area contributed by atoms with Gasteiger partial charge in [-0.3, -0.25) is 0 Å². The Morgan fingerprint density at radius 2 is 2.10 bits per heavy atom. The molecule has 20 heavy (non-hydrogen) atoms. The van der Waals surface area contributed by atoms with Gasteiger partial charge in [-0.05, 0) is 27.2 Å². The Labute approximate surface area is 118 Å². The highest BCUT2D eigenvalue weighted by Gasteiger charge is 2.27. The number of alkyl carbamates (subject to hydrolysis) is 1. The molecule has 2 N–H and O–H groups in total. The van der Waals surface area contributed by atoms with Crippen LogP contribution >= 0.6 is 0 Å². The number of aromatic hydroxyl groups is 1. The van der Waals surface area contributed by atoms with Crippen LogP contribution in [0.15, 0.2) is 12.4 Å². The molecule has 0 saturated carbocycles. The maximum Gasteiger partial charge on any atom is 0.407 e. The maximum atomic E-state index is 11.7. The molecule has 0 bridgehead atoms. The van der Waals surface area contributed by atoms with Crippen molar-refractivity contribution in [3.8, 4) is 5.75 Å². The molecule has 1 saturated heterocycles. The van der Waals surface area contributed by atoms with Crippen LogP contribution in [0.1, 0.15) is 27.2 Å². The van der Waals surface area contributed by atoms with Crippen LogP contribution in [0.25, 0.3) is 0 Å². The summed E-state index contributed by atoms with van der Waals surface area (Å²) in [6.07, 6.45) is 3.12. The van der Waals surface area contributed by atoms with Gasteiger partial charge in [0, 0.05) is 13.1 Å². The molecule has 7 heteroatoms. The number of hydrogen-bond acceptors (Lipinski definition) is 6. The Kier molecular flexibility index (Phi) is 3.96. The molecule has 0 aromatic carbocycles. The second kappa shape index (κ2) is 5.52. The smallest absolute Gasteiger partial charge is 0.407 e. The first kappa shape index (κ1) is 14.4. The summed E-state index contributed by atoms with van der Waals surface area (Å²) in [5, 5.41) is 12.0. The lowest BCUT2D eigenvalue weighted by molar-refractivity contribution is 0.0509. The van der Waals surface area contributed by atoms with E-state index in [0.29, 0.717) is 12.5 Å². The number of amides is 1. The fraction of sp³-hybridized carbons (Fsp3) is 0.615. The molecular weight excluding hydrogens is 260 g/mol. The van der Waals surface area contributed by atoms with Gasteiger partial charge < -0.3 is 20.1 Å². The highest BCUT2D eigenvalue weighted by molar-refractivity contribution is 5.68. The first-order valence-electron chi connectivity index (χ1n) is 6.59. The van der Waals surface area contributed by atoms with Crippen LogP contribution in [-0.2, 0) is 4.74 Å². The van der Waals surface area contributed by atoms with E-state index in [4.69, 9.17) is 9.84 Å². The third-order valence-corrected chi connectivity index (χ3v) is 2.82. The van der Waals surface area contributed by atoms with Gasteiger partial charge in [-0.1, -0.05) is 0 Å². The number of hydrogen-bond donors (Lipinski definition) is 2. The van der Waals surface area contributed by atoms with Crippen LogP contribution in [0.3, 0.4) is 0 Å². The molecule has 7 nitrogen and oxygen atoms in total. The fourth-order valence-electron chi connectivity index (χ4n) is 2.01. The molecule has 1 aliphatic heterocycles. The van der Waals surface area contributed by atoms with Gasteiger partial charge in [0.2, 0.25) is 5.95 Å². The van der Waals surface area contributed by atoms with Gasteiger partial charge in [0.25, 0.3) is 0 Å². The number of anilines is 1. The maximum absolute atomic E-state index is 11.7. The zero-order chi connectivity index (χ0) is 14.8. The first-order chi connectivity index (χ1) is 9.33. The van der Waals surface area contributed by atoms with Crippen LogP contribution in [0.5, 0.6) is 5.75 Å². The lowest BCUT2D eigenvalue weighted by atomic mass is 10.2. The highest BCUT2D eigenvalue weighted by atomic mass is 16.6. The van der Waals surface area contributed by atoms with Crippen molar-refractivity contribution >= 4 is 12.0 Å². The summed E-state index contributed by atoms with van der Waals surface area (Å²) in [4.78, 5) is 21.8. The molecule has 1 aliphatic rings. The summed E-state index contributed by atoms with van der Waals surface area (Å²) in [7, 11) is 0. The molecule has 2 heterocycles. The van der Waals surface area contributed by atoms with E-state index in [-0.39, 0.29) is 11.8 Å². The van der Waals surface area contributed by atoms with E-state index < -0.39 is 11.7 Å². The third kappa shape index (κ3) is 3.97. The molecular formula is C13H20N4O3. The van der Waals surface area contributed by atoms with E-state index in [1.54, 1.807) is 0 Å². The summed E-state index contributed by atoms with van der Waals surface area (Å²) in [5.41, 5.74) is -0.498. The molecule has 1 amide bonds. The Balaban J connectivity index is 1.86. The van der Waals surface area contributed by atoms with Crippen LogP contribution in [0.2, 0.25) is 0 Å². The predicted octanol–water partition coefficient (Wildman–Crippen LogP) is 1.29.